The van der Waals surface area contributed by atoms with Gasteiger partial charge in [0.2, 0.25) is 0 Å². The van der Waals surface area contributed by atoms with E-state index in [4.69, 9.17) is 9.47 Å². The van der Waals surface area contributed by atoms with Crippen molar-refractivity contribution in [2.45, 2.75) is 26.3 Å². The Balaban J connectivity index is 2.02. The minimum absolute atomic E-state index is 0.0214. The number of hydrogen-bond donors (Lipinski definition) is 1. The van der Waals surface area contributed by atoms with Crippen LogP contribution in [0.3, 0.4) is 0 Å². The van der Waals surface area contributed by atoms with Gasteiger partial charge in [0, 0.05) is 25.1 Å². The summed E-state index contributed by atoms with van der Waals surface area (Å²) >= 11 is 0. The Morgan fingerprint density at radius 2 is 2.38 bits per heavy atom. The van der Waals surface area contributed by atoms with E-state index < -0.39 is 4.92 Å². The molecule has 1 fully saturated rings. The van der Waals surface area contributed by atoms with Crippen LogP contribution in [-0.2, 0) is 11.3 Å². The summed E-state index contributed by atoms with van der Waals surface area (Å²) in [5.41, 5.74) is 1.01. The zero-order chi connectivity index (χ0) is 15.1. The molecule has 0 bridgehead atoms. The maximum atomic E-state index is 11.1. The number of benzene rings is 1. The summed E-state index contributed by atoms with van der Waals surface area (Å²) in [6, 6.07) is 5.05. The molecular formula is C15H22N2O4. The van der Waals surface area contributed by atoms with Crippen molar-refractivity contribution in [3.63, 3.8) is 0 Å². The zero-order valence-corrected chi connectivity index (χ0v) is 12.3. The van der Waals surface area contributed by atoms with Crippen LogP contribution in [0.1, 0.15) is 25.3 Å². The predicted octanol–water partition coefficient (Wildman–Crippen LogP) is 2.51. The van der Waals surface area contributed by atoms with Gasteiger partial charge in [0.15, 0.2) is 5.75 Å². The zero-order valence-electron chi connectivity index (χ0n) is 12.3. The molecular weight excluding hydrogens is 272 g/mol. The molecule has 116 valence electrons. The number of nitrogens with zero attached hydrogens (tertiary/aromatic N) is 1. The average Bonchev–Trinajstić information content (AvgIpc) is 2.98. The fourth-order valence-electron chi connectivity index (χ4n) is 2.27. The van der Waals surface area contributed by atoms with E-state index in [2.05, 4.69) is 12.2 Å². The van der Waals surface area contributed by atoms with E-state index in [-0.39, 0.29) is 5.69 Å². The molecule has 2 rings (SSSR count). The Morgan fingerprint density at radius 1 is 1.52 bits per heavy atom. The second kappa shape index (κ2) is 7.95. The van der Waals surface area contributed by atoms with Gasteiger partial charge in [0.05, 0.1) is 18.1 Å². The van der Waals surface area contributed by atoms with Crippen molar-refractivity contribution in [1.29, 1.82) is 0 Å². The highest BCUT2D eigenvalue weighted by molar-refractivity contribution is 5.48. The smallest absolute Gasteiger partial charge is 0.310 e. The fraction of sp³-hybridized carbons (Fsp3) is 0.600. The summed E-state index contributed by atoms with van der Waals surface area (Å²) in [7, 11) is 0. The van der Waals surface area contributed by atoms with Gasteiger partial charge in [0.1, 0.15) is 0 Å². The fourth-order valence-corrected chi connectivity index (χ4v) is 2.27. The molecule has 1 aliphatic heterocycles. The van der Waals surface area contributed by atoms with Crippen molar-refractivity contribution >= 4 is 5.69 Å². The summed E-state index contributed by atoms with van der Waals surface area (Å²) in [5.74, 6) is 0.675. The van der Waals surface area contributed by atoms with E-state index in [1.807, 2.05) is 0 Å². The topological polar surface area (TPSA) is 73.6 Å². The van der Waals surface area contributed by atoms with Crippen LogP contribution < -0.4 is 10.1 Å². The van der Waals surface area contributed by atoms with Gasteiger partial charge in [-0.1, -0.05) is 13.0 Å². The molecule has 0 radical (unpaired) electrons. The highest BCUT2D eigenvalue weighted by Crippen LogP contribution is 2.29. The third-order valence-corrected chi connectivity index (χ3v) is 3.48. The lowest BCUT2D eigenvalue weighted by Crippen LogP contribution is -2.15. The first-order valence-corrected chi connectivity index (χ1v) is 7.39. The number of nitrogens with one attached hydrogen (secondary N) is 1. The molecule has 1 aromatic rings. The third-order valence-electron chi connectivity index (χ3n) is 3.48. The van der Waals surface area contributed by atoms with E-state index in [0.29, 0.717) is 31.4 Å². The van der Waals surface area contributed by atoms with Crippen LogP contribution in [0.2, 0.25) is 0 Å². The van der Waals surface area contributed by atoms with Gasteiger partial charge in [-0.3, -0.25) is 10.1 Å². The molecule has 1 unspecified atom stereocenters. The molecule has 6 heteroatoms. The lowest BCUT2D eigenvalue weighted by Gasteiger charge is -2.12. The normalized spacial score (nSPS) is 17.9. The SMILES string of the molecule is CCCNCc1ccc([N+](=O)[O-])c(OCC2CCOC2)c1. The van der Waals surface area contributed by atoms with Crippen LogP contribution in [0.4, 0.5) is 5.69 Å². The van der Waals surface area contributed by atoms with Crippen LogP contribution in [-0.4, -0.2) is 31.3 Å². The van der Waals surface area contributed by atoms with Crippen molar-refractivity contribution in [2.75, 3.05) is 26.4 Å². The summed E-state index contributed by atoms with van der Waals surface area (Å²) in [6.07, 6.45) is 2.00. The minimum Gasteiger partial charge on any atom is -0.486 e. The molecule has 1 aliphatic rings. The maximum absolute atomic E-state index is 11.1. The maximum Gasteiger partial charge on any atom is 0.310 e. The number of nitro groups is 1. The van der Waals surface area contributed by atoms with Crippen LogP contribution in [0.5, 0.6) is 5.75 Å². The van der Waals surface area contributed by atoms with Gasteiger partial charge in [-0.05, 0) is 31.0 Å². The second-order valence-electron chi connectivity index (χ2n) is 5.28. The summed E-state index contributed by atoms with van der Waals surface area (Å²) < 4.78 is 11.0. The average molecular weight is 294 g/mol. The van der Waals surface area contributed by atoms with E-state index in [9.17, 15) is 10.1 Å². The van der Waals surface area contributed by atoms with Gasteiger partial charge in [0.25, 0.3) is 0 Å². The molecule has 1 heterocycles. The Kier molecular flexibility index (Phi) is 5.95. The van der Waals surface area contributed by atoms with Crippen LogP contribution in [0, 0.1) is 16.0 Å². The quantitative estimate of drug-likeness (QED) is 0.453. The predicted molar refractivity (Wildman–Crippen MR) is 79.5 cm³/mol. The first kappa shape index (κ1) is 15.7. The Morgan fingerprint density at radius 3 is 3.05 bits per heavy atom. The standard InChI is InChI=1S/C15H22N2O4/c1-2-6-16-9-12-3-4-14(17(18)19)15(8-12)21-11-13-5-7-20-10-13/h3-4,8,13,16H,2,5-7,9-11H2,1H3. The molecule has 1 saturated heterocycles. The van der Waals surface area contributed by atoms with Gasteiger partial charge < -0.3 is 14.8 Å². The molecule has 6 nitrogen and oxygen atoms in total. The van der Waals surface area contributed by atoms with Crippen LogP contribution >= 0.6 is 0 Å². The third kappa shape index (κ3) is 4.68. The Labute approximate surface area is 124 Å². The van der Waals surface area contributed by atoms with Crippen LogP contribution in [0.15, 0.2) is 18.2 Å². The van der Waals surface area contributed by atoms with Crippen molar-refractivity contribution in [1.82, 2.24) is 5.32 Å². The number of ether oxygens (including phenoxy) is 2. The van der Waals surface area contributed by atoms with Gasteiger partial charge >= 0.3 is 5.69 Å². The first-order chi connectivity index (χ1) is 10.2. The van der Waals surface area contributed by atoms with E-state index in [1.54, 1.807) is 12.1 Å². The van der Waals surface area contributed by atoms with E-state index in [0.717, 1.165) is 31.6 Å². The molecule has 1 atom stereocenters. The number of nitro benzene ring substituents is 1. The largest absolute Gasteiger partial charge is 0.486 e. The molecule has 21 heavy (non-hydrogen) atoms. The Bertz CT molecular complexity index is 473. The lowest BCUT2D eigenvalue weighted by molar-refractivity contribution is -0.385. The summed E-state index contributed by atoms with van der Waals surface area (Å²) in [4.78, 5) is 10.7. The monoisotopic (exact) mass is 294 g/mol. The van der Waals surface area contributed by atoms with Gasteiger partial charge in [-0.15, -0.1) is 0 Å². The van der Waals surface area contributed by atoms with Crippen molar-refractivity contribution in [3.05, 3.63) is 33.9 Å². The first-order valence-electron chi connectivity index (χ1n) is 7.39. The summed E-state index contributed by atoms with van der Waals surface area (Å²) in [5, 5.41) is 14.4. The minimum atomic E-state index is -0.399. The second-order valence-corrected chi connectivity index (χ2v) is 5.28. The highest BCUT2D eigenvalue weighted by atomic mass is 16.6. The number of rotatable bonds is 8. The Hall–Kier alpha value is -1.66. The summed E-state index contributed by atoms with van der Waals surface area (Å²) in [6.45, 7) is 5.59. The molecule has 1 aromatic carbocycles. The highest BCUT2D eigenvalue weighted by Gasteiger charge is 2.20. The molecule has 1 N–H and O–H groups in total. The van der Waals surface area contributed by atoms with Crippen molar-refractivity contribution in [3.8, 4) is 5.75 Å². The van der Waals surface area contributed by atoms with Crippen LogP contribution in [0.25, 0.3) is 0 Å². The van der Waals surface area contributed by atoms with E-state index >= 15 is 0 Å². The molecule has 0 aliphatic carbocycles. The molecule has 0 aromatic heterocycles. The van der Waals surface area contributed by atoms with Crippen molar-refractivity contribution in [2.24, 2.45) is 5.92 Å². The molecule has 0 amide bonds. The van der Waals surface area contributed by atoms with Gasteiger partial charge in [-0.25, -0.2) is 0 Å². The lowest BCUT2D eigenvalue weighted by atomic mass is 10.1. The van der Waals surface area contributed by atoms with E-state index in [1.165, 1.54) is 6.07 Å². The molecule has 0 saturated carbocycles. The number of hydrogen-bond acceptors (Lipinski definition) is 5. The van der Waals surface area contributed by atoms with Gasteiger partial charge in [-0.2, -0.15) is 0 Å². The van der Waals surface area contributed by atoms with Crippen molar-refractivity contribution < 1.29 is 14.4 Å². The molecule has 0 spiro atoms.